The lowest BCUT2D eigenvalue weighted by Gasteiger charge is -2.17. The fraction of sp³-hybridized carbons (Fsp3) is 0.379. The van der Waals surface area contributed by atoms with Crippen molar-refractivity contribution in [3.8, 4) is 11.1 Å². The number of hydrogen-bond donors (Lipinski definition) is 2. The minimum Gasteiger partial charge on any atom is -0.384 e. The first-order chi connectivity index (χ1) is 16.9. The number of carbonyl (C=O) groups is 2. The van der Waals surface area contributed by atoms with Crippen LogP contribution in [0.5, 0.6) is 0 Å². The van der Waals surface area contributed by atoms with E-state index in [4.69, 9.17) is 5.73 Å². The number of nitrogens with one attached hydrogen (secondary N) is 1. The summed E-state index contributed by atoms with van der Waals surface area (Å²) in [6.45, 7) is 3.68. The van der Waals surface area contributed by atoms with Crippen LogP contribution in [-0.2, 0) is 22.4 Å². The Morgan fingerprint density at radius 3 is 2.60 bits per heavy atom. The van der Waals surface area contributed by atoms with Crippen LogP contribution in [0, 0.1) is 18.8 Å². The third kappa shape index (κ3) is 6.53. The minimum atomic E-state index is -0.483. The fourth-order valence-corrected chi connectivity index (χ4v) is 4.96. The standard InChI is InChI=1S/C29H34N4O2/c1-19-23(12-14-28(30)32-19)11-13-27(34)20(2)33-29(35)25-10-7-22(17-25)16-21-5-8-24(9-6-21)26-4-3-15-31-18-26/h3-6,8-9,12,14-15,18,20,22,25H,7,10-11,13,16-17H2,1-2H3,(H2,30,32)(H,33,35)/t20-,22-,25+/m0/s1. The summed E-state index contributed by atoms with van der Waals surface area (Å²) in [5.74, 6) is 0.994. The van der Waals surface area contributed by atoms with Crippen LogP contribution in [0.2, 0.25) is 0 Å². The molecule has 1 aromatic carbocycles. The number of hydrogen-bond acceptors (Lipinski definition) is 5. The van der Waals surface area contributed by atoms with E-state index in [9.17, 15) is 9.59 Å². The summed E-state index contributed by atoms with van der Waals surface area (Å²) in [5.41, 5.74) is 11.1. The van der Waals surface area contributed by atoms with Crippen molar-refractivity contribution in [2.75, 3.05) is 5.73 Å². The van der Waals surface area contributed by atoms with Crippen LogP contribution in [0.25, 0.3) is 11.1 Å². The van der Waals surface area contributed by atoms with Crippen molar-refractivity contribution in [1.82, 2.24) is 15.3 Å². The van der Waals surface area contributed by atoms with Crippen LogP contribution in [0.3, 0.4) is 0 Å². The lowest BCUT2D eigenvalue weighted by molar-refractivity contribution is -0.129. The molecule has 3 N–H and O–H groups in total. The number of nitrogens with two attached hydrogens (primary N) is 1. The number of ketones is 1. The summed E-state index contributed by atoms with van der Waals surface area (Å²) in [4.78, 5) is 33.9. The van der Waals surface area contributed by atoms with E-state index < -0.39 is 6.04 Å². The van der Waals surface area contributed by atoms with E-state index in [-0.39, 0.29) is 17.6 Å². The molecule has 35 heavy (non-hydrogen) atoms. The second kappa shape index (κ2) is 11.3. The summed E-state index contributed by atoms with van der Waals surface area (Å²) < 4.78 is 0. The summed E-state index contributed by atoms with van der Waals surface area (Å²) >= 11 is 0. The molecule has 0 bridgehead atoms. The van der Waals surface area contributed by atoms with Crippen molar-refractivity contribution in [1.29, 1.82) is 0 Å². The van der Waals surface area contributed by atoms with Crippen LogP contribution in [0.1, 0.15) is 49.4 Å². The topological polar surface area (TPSA) is 98.0 Å². The quantitative estimate of drug-likeness (QED) is 0.472. The van der Waals surface area contributed by atoms with E-state index in [1.54, 1.807) is 19.2 Å². The molecule has 1 aliphatic rings. The number of carbonyl (C=O) groups excluding carboxylic acids is 2. The van der Waals surface area contributed by atoms with Crippen LogP contribution < -0.4 is 11.1 Å². The Labute approximate surface area is 207 Å². The van der Waals surface area contributed by atoms with Crippen molar-refractivity contribution >= 4 is 17.5 Å². The molecule has 3 atom stereocenters. The van der Waals surface area contributed by atoms with Gasteiger partial charge in [-0.3, -0.25) is 14.6 Å². The second-order valence-electron chi connectivity index (χ2n) is 9.70. The molecule has 6 heteroatoms. The first-order valence-electron chi connectivity index (χ1n) is 12.4. The zero-order valence-corrected chi connectivity index (χ0v) is 20.5. The van der Waals surface area contributed by atoms with E-state index in [0.29, 0.717) is 24.6 Å². The minimum absolute atomic E-state index is 0.00519. The molecule has 2 heterocycles. The number of amides is 1. The van der Waals surface area contributed by atoms with E-state index in [2.05, 4.69) is 45.6 Å². The molecule has 1 saturated carbocycles. The molecule has 1 fully saturated rings. The Balaban J connectivity index is 1.23. The van der Waals surface area contributed by atoms with Crippen LogP contribution in [-0.4, -0.2) is 27.7 Å². The fourth-order valence-electron chi connectivity index (χ4n) is 4.96. The lowest BCUT2D eigenvalue weighted by Crippen LogP contribution is -2.41. The predicted octanol–water partition coefficient (Wildman–Crippen LogP) is 4.70. The molecule has 0 aliphatic heterocycles. The second-order valence-corrected chi connectivity index (χ2v) is 9.70. The maximum atomic E-state index is 12.8. The summed E-state index contributed by atoms with van der Waals surface area (Å²) in [5, 5.41) is 2.96. The number of benzene rings is 1. The van der Waals surface area contributed by atoms with Crippen molar-refractivity contribution in [3.63, 3.8) is 0 Å². The van der Waals surface area contributed by atoms with Gasteiger partial charge in [0.15, 0.2) is 5.78 Å². The van der Waals surface area contributed by atoms with Gasteiger partial charge in [0.25, 0.3) is 0 Å². The predicted molar refractivity (Wildman–Crippen MR) is 139 cm³/mol. The molecular weight excluding hydrogens is 436 g/mol. The average Bonchev–Trinajstić information content (AvgIpc) is 3.33. The Kier molecular flexibility index (Phi) is 7.91. The van der Waals surface area contributed by atoms with Gasteiger partial charge in [-0.1, -0.05) is 36.4 Å². The molecule has 4 rings (SSSR count). The smallest absolute Gasteiger partial charge is 0.223 e. The highest BCUT2D eigenvalue weighted by molar-refractivity contribution is 5.89. The van der Waals surface area contributed by atoms with Gasteiger partial charge in [0.2, 0.25) is 5.91 Å². The molecule has 6 nitrogen and oxygen atoms in total. The molecule has 0 spiro atoms. The number of pyridine rings is 2. The van der Waals surface area contributed by atoms with E-state index in [1.807, 2.05) is 25.3 Å². The Morgan fingerprint density at radius 2 is 1.89 bits per heavy atom. The van der Waals surface area contributed by atoms with Gasteiger partial charge in [-0.15, -0.1) is 0 Å². The lowest BCUT2D eigenvalue weighted by atomic mass is 9.95. The van der Waals surface area contributed by atoms with Gasteiger partial charge >= 0.3 is 0 Å². The molecular formula is C29H34N4O2. The number of nitrogens with zero attached hydrogens (tertiary/aromatic N) is 2. The molecule has 2 aromatic heterocycles. The zero-order chi connectivity index (χ0) is 24.8. The SMILES string of the molecule is Cc1nc(N)ccc1CCC(=O)[C@H](C)NC(=O)[C@@H]1CC[C@@H](Cc2ccc(-c3cccnc3)cc2)C1. The number of nitrogen functional groups attached to an aromatic ring is 1. The third-order valence-electron chi connectivity index (χ3n) is 7.08. The Bertz CT molecular complexity index is 1160. The summed E-state index contributed by atoms with van der Waals surface area (Å²) in [6, 6.07) is 15.8. The molecule has 3 aromatic rings. The van der Waals surface area contributed by atoms with Crippen LogP contribution >= 0.6 is 0 Å². The monoisotopic (exact) mass is 470 g/mol. The Hall–Kier alpha value is -3.54. The molecule has 1 amide bonds. The summed E-state index contributed by atoms with van der Waals surface area (Å²) in [6.07, 6.45) is 8.38. The van der Waals surface area contributed by atoms with Crippen molar-refractivity contribution in [3.05, 3.63) is 77.7 Å². The van der Waals surface area contributed by atoms with Crippen LogP contribution in [0.15, 0.2) is 60.9 Å². The van der Waals surface area contributed by atoms with E-state index in [0.717, 1.165) is 48.1 Å². The highest BCUT2D eigenvalue weighted by Gasteiger charge is 2.31. The number of aryl methyl sites for hydroxylation is 2. The maximum absolute atomic E-state index is 12.8. The molecule has 1 aliphatic carbocycles. The van der Waals surface area contributed by atoms with Crippen molar-refractivity contribution in [2.24, 2.45) is 11.8 Å². The van der Waals surface area contributed by atoms with Crippen molar-refractivity contribution in [2.45, 2.75) is 58.4 Å². The van der Waals surface area contributed by atoms with Crippen LogP contribution in [0.4, 0.5) is 5.82 Å². The Morgan fingerprint density at radius 1 is 1.09 bits per heavy atom. The first kappa shape index (κ1) is 24.6. The normalized spacial score (nSPS) is 18.2. The maximum Gasteiger partial charge on any atom is 0.223 e. The molecule has 0 unspecified atom stereocenters. The summed E-state index contributed by atoms with van der Waals surface area (Å²) in [7, 11) is 0. The van der Waals surface area contributed by atoms with Crippen molar-refractivity contribution < 1.29 is 9.59 Å². The number of rotatable bonds is 9. The number of Topliss-reactive ketones (excluding diaryl/α,β-unsaturated/α-hetero) is 1. The first-order valence-corrected chi connectivity index (χ1v) is 12.4. The molecule has 0 radical (unpaired) electrons. The van der Waals surface area contributed by atoms with Gasteiger partial charge in [-0.05, 0) is 86.3 Å². The molecule has 0 saturated heterocycles. The van der Waals surface area contributed by atoms with E-state index in [1.165, 1.54) is 5.56 Å². The van der Waals surface area contributed by atoms with Gasteiger partial charge < -0.3 is 11.1 Å². The van der Waals surface area contributed by atoms with Gasteiger partial charge in [0, 0.05) is 30.4 Å². The average molecular weight is 471 g/mol. The highest BCUT2D eigenvalue weighted by atomic mass is 16.2. The number of anilines is 1. The largest absolute Gasteiger partial charge is 0.384 e. The molecule has 182 valence electrons. The van der Waals surface area contributed by atoms with Gasteiger partial charge in [-0.2, -0.15) is 0 Å². The van der Waals surface area contributed by atoms with E-state index >= 15 is 0 Å². The number of aromatic nitrogens is 2. The van der Waals surface area contributed by atoms with Gasteiger partial charge in [0.05, 0.1) is 6.04 Å². The zero-order valence-electron chi connectivity index (χ0n) is 20.5. The highest BCUT2D eigenvalue weighted by Crippen LogP contribution is 2.34. The van der Waals surface area contributed by atoms with Gasteiger partial charge in [-0.25, -0.2) is 4.98 Å². The van der Waals surface area contributed by atoms with Gasteiger partial charge in [0.1, 0.15) is 5.82 Å². The third-order valence-corrected chi connectivity index (χ3v) is 7.08.